The number of hydrogen-bond acceptors (Lipinski definition) is 6. The van der Waals surface area contributed by atoms with E-state index >= 15 is 0 Å². The molecule has 300 valence electrons. The molecule has 7 atom stereocenters. The van der Waals surface area contributed by atoms with Gasteiger partial charge in [0.05, 0.1) is 24.2 Å². The van der Waals surface area contributed by atoms with Crippen LogP contribution in [0.25, 0.3) is 0 Å². The Bertz CT molecular complexity index is 1900. The average molecular weight is 763 g/mol. The lowest BCUT2D eigenvalue weighted by atomic mass is 9.86. The number of nitrogens with zero attached hydrogens (tertiary/aromatic N) is 1. The van der Waals surface area contributed by atoms with Gasteiger partial charge in [-0.25, -0.2) is 0 Å². The molecule has 6 rings (SSSR count). The van der Waals surface area contributed by atoms with E-state index in [9.17, 15) is 19.2 Å². The Labute approximate surface area is 332 Å². The minimum atomic E-state index is -0.840. The number of carbonyl (C=O) groups excluding carboxylic acids is 4. The van der Waals surface area contributed by atoms with Crippen molar-refractivity contribution >= 4 is 23.6 Å². The van der Waals surface area contributed by atoms with Gasteiger partial charge in [-0.15, -0.1) is 0 Å². The van der Waals surface area contributed by atoms with E-state index in [1.54, 1.807) is 4.90 Å². The van der Waals surface area contributed by atoms with Crippen LogP contribution in [-0.4, -0.2) is 59.2 Å². The first-order valence-corrected chi connectivity index (χ1v) is 20.5. The van der Waals surface area contributed by atoms with Crippen LogP contribution in [-0.2, 0) is 38.4 Å². The highest BCUT2D eigenvalue weighted by Gasteiger charge is 2.44. The van der Waals surface area contributed by atoms with Crippen LogP contribution in [0.4, 0.5) is 0 Å². The highest BCUT2D eigenvalue weighted by Crippen LogP contribution is 2.36. The quantitative estimate of drug-likeness (QED) is 0.183. The lowest BCUT2D eigenvalue weighted by Crippen LogP contribution is -2.56. The van der Waals surface area contributed by atoms with Crippen molar-refractivity contribution in [1.82, 2.24) is 20.9 Å². The second-order valence-corrected chi connectivity index (χ2v) is 18.4. The number of amides is 4. The number of carbonyl (C=O) groups is 4. The predicted molar refractivity (Wildman–Crippen MR) is 220 cm³/mol. The number of rotatable bonds is 10. The molecule has 0 bridgehead atoms. The van der Waals surface area contributed by atoms with Crippen molar-refractivity contribution in [2.45, 2.75) is 135 Å². The molecule has 3 aromatic carbocycles. The summed E-state index contributed by atoms with van der Waals surface area (Å²) in [5.74, 6) is -1.09. The third-order valence-corrected chi connectivity index (χ3v) is 12.2. The topological polar surface area (TPSA) is 160 Å². The Kier molecular flexibility index (Phi) is 12.4. The fraction of sp³-hybridized carbons (Fsp3) is 0.522. The Morgan fingerprint density at radius 1 is 0.714 bits per heavy atom. The van der Waals surface area contributed by atoms with Crippen molar-refractivity contribution in [3.63, 3.8) is 0 Å². The molecule has 0 spiro atoms. The number of nitrogens with two attached hydrogens (primary N) is 2. The number of hydrogen-bond donors (Lipinski definition) is 5. The maximum Gasteiger partial charge on any atom is 0.243 e. The summed E-state index contributed by atoms with van der Waals surface area (Å²) in [7, 11) is 0. The molecular weight excluding hydrogens is 701 g/mol. The summed E-state index contributed by atoms with van der Waals surface area (Å²) in [4.78, 5) is 57.1. The van der Waals surface area contributed by atoms with E-state index in [0.717, 1.165) is 60.8 Å². The summed E-state index contributed by atoms with van der Waals surface area (Å²) < 4.78 is 0. The van der Waals surface area contributed by atoms with Gasteiger partial charge in [0, 0.05) is 18.9 Å². The molecule has 7 N–H and O–H groups in total. The van der Waals surface area contributed by atoms with Crippen LogP contribution >= 0.6 is 0 Å². The molecule has 3 aliphatic rings. The molecule has 3 aromatic rings. The molecule has 1 fully saturated rings. The molecule has 0 radical (unpaired) electrons. The first-order chi connectivity index (χ1) is 26.5. The predicted octanol–water partition coefficient (Wildman–Crippen LogP) is 5.53. The average Bonchev–Trinajstić information content (AvgIpc) is 3.62. The molecule has 2 aliphatic carbocycles. The number of nitrogens with one attached hydrogen (secondary N) is 3. The zero-order valence-corrected chi connectivity index (χ0v) is 34.1. The molecule has 4 amide bonds. The second kappa shape index (κ2) is 16.9. The highest BCUT2D eigenvalue weighted by molar-refractivity contribution is 5.92. The number of likely N-dealkylation sites (tertiary alicyclic amines) is 1. The van der Waals surface area contributed by atoms with Crippen LogP contribution in [0.1, 0.15) is 125 Å². The Morgan fingerprint density at radius 3 is 1.80 bits per heavy atom. The molecule has 1 saturated heterocycles. The lowest BCUT2D eigenvalue weighted by Gasteiger charge is -2.34. The Balaban J connectivity index is 1.20. The first kappa shape index (κ1) is 41.1. The van der Waals surface area contributed by atoms with E-state index in [1.807, 2.05) is 90.1 Å². The number of fused-ring (bicyclic) bond motifs is 2. The Hall–Kier alpha value is -4.54. The van der Waals surface area contributed by atoms with Gasteiger partial charge in [-0.1, -0.05) is 114 Å². The largest absolute Gasteiger partial charge is 0.347 e. The van der Waals surface area contributed by atoms with Crippen molar-refractivity contribution < 1.29 is 19.2 Å². The fourth-order valence-corrected chi connectivity index (χ4v) is 8.49. The van der Waals surface area contributed by atoms with Crippen molar-refractivity contribution in [2.24, 2.45) is 22.3 Å². The smallest absolute Gasteiger partial charge is 0.243 e. The second-order valence-electron chi connectivity index (χ2n) is 18.4. The third-order valence-electron chi connectivity index (χ3n) is 12.2. The standard InChI is InChI=1S/C46H62N6O4/c1-45(2,3)39(47)43(55)51-37(41(53)49-35-19-11-15-30-13-7-9-17-33(30)35)25-28-21-23-29(24-22-28)32-26-38(52(27-32)44(56)40(48)46(4,5)6)42(54)50-36-20-12-16-31-14-8-10-18-34(31)36/h7-10,13-14,17-18,21-24,32,35-40H,11-12,15-16,19-20,25-27,47-48H2,1-6H3,(H,49,53)(H,50,54)(H,51,55)/t32-,35+,36+,37-,38-,39?,40+/m0/s1. The summed E-state index contributed by atoms with van der Waals surface area (Å²) in [6, 6.07) is 21.1. The van der Waals surface area contributed by atoms with E-state index in [-0.39, 0.29) is 48.1 Å². The van der Waals surface area contributed by atoms with Crippen molar-refractivity contribution in [1.29, 1.82) is 0 Å². The van der Waals surface area contributed by atoms with E-state index in [4.69, 9.17) is 11.5 Å². The van der Waals surface area contributed by atoms with E-state index in [0.29, 0.717) is 13.0 Å². The van der Waals surface area contributed by atoms with Crippen LogP contribution in [0, 0.1) is 10.8 Å². The van der Waals surface area contributed by atoms with Crippen LogP contribution in [0.15, 0.2) is 72.8 Å². The minimum absolute atomic E-state index is 0.0930. The maximum atomic E-state index is 14.1. The van der Waals surface area contributed by atoms with Gasteiger partial charge in [0.25, 0.3) is 0 Å². The summed E-state index contributed by atoms with van der Waals surface area (Å²) in [5, 5.41) is 9.52. The van der Waals surface area contributed by atoms with Gasteiger partial charge in [-0.3, -0.25) is 19.2 Å². The monoisotopic (exact) mass is 762 g/mol. The Morgan fingerprint density at radius 2 is 1.25 bits per heavy atom. The van der Waals surface area contributed by atoms with Crippen LogP contribution in [0.5, 0.6) is 0 Å². The molecule has 10 nitrogen and oxygen atoms in total. The highest BCUT2D eigenvalue weighted by atomic mass is 16.2. The summed E-state index contributed by atoms with van der Waals surface area (Å²) in [6.07, 6.45) is 6.35. The van der Waals surface area contributed by atoms with Gasteiger partial charge in [0.2, 0.25) is 23.6 Å². The SMILES string of the molecule is CC(C)(C)C(N)C(=O)N[C@@H](Cc1ccc([C@H]2C[C@@H](C(=O)N[C@@H]3CCCc4ccccc43)N(C(=O)[C@@H](N)C(C)(C)C)C2)cc1)C(=O)N[C@@H]1CCCc2ccccc21. The normalized spacial score (nSPS) is 22.5. The summed E-state index contributed by atoms with van der Waals surface area (Å²) in [5.41, 5.74) is 18.5. The molecule has 0 saturated carbocycles. The lowest BCUT2D eigenvalue weighted by molar-refractivity contribution is -0.141. The van der Waals surface area contributed by atoms with Crippen molar-refractivity contribution in [2.75, 3.05) is 6.54 Å². The molecule has 0 aromatic heterocycles. The number of aryl methyl sites for hydroxylation is 2. The first-order valence-electron chi connectivity index (χ1n) is 20.5. The van der Waals surface area contributed by atoms with E-state index in [2.05, 4.69) is 40.2 Å². The zero-order valence-electron chi connectivity index (χ0n) is 34.1. The van der Waals surface area contributed by atoms with Gasteiger partial charge in [-0.2, -0.15) is 0 Å². The van der Waals surface area contributed by atoms with Crippen LogP contribution in [0.3, 0.4) is 0 Å². The van der Waals surface area contributed by atoms with Gasteiger partial charge < -0.3 is 32.3 Å². The van der Waals surface area contributed by atoms with E-state index in [1.165, 1.54) is 11.1 Å². The fourth-order valence-electron chi connectivity index (χ4n) is 8.49. The number of benzene rings is 3. The molecule has 10 heteroatoms. The molecule has 1 aliphatic heterocycles. The van der Waals surface area contributed by atoms with Crippen molar-refractivity contribution in [3.05, 3.63) is 106 Å². The van der Waals surface area contributed by atoms with Crippen molar-refractivity contribution in [3.8, 4) is 0 Å². The van der Waals surface area contributed by atoms with Gasteiger partial charge in [0.15, 0.2) is 0 Å². The molecule has 1 heterocycles. The van der Waals surface area contributed by atoms with Gasteiger partial charge in [0.1, 0.15) is 12.1 Å². The summed E-state index contributed by atoms with van der Waals surface area (Å²) >= 11 is 0. The maximum absolute atomic E-state index is 14.1. The minimum Gasteiger partial charge on any atom is -0.347 e. The molecule has 1 unspecified atom stereocenters. The van der Waals surface area contributed by atoms with E-state index < -0.39 is 35.0 Å². The van der Waals surface area contributed by atoms with Gasteiger partial charge in [-0.05, 0) is 89.2 Å². The third kappa shape index (κ3) is 9.35. The summed E-state index contributed by atoms with van der Waals surface area (Å²) in [6.45, 7) is 11.9. The molecule has 56 heavy (non-hydrogen) atoms. The zero-order chi connectivity index (χ0) is 40.4. The van der Waals surface area contributed by atoms with Crippen LogP contribution in [0.2, 0.25) is 0 Å². The molecular formula is C46H62N6O4. The van der Waals surface area contributed by atoms with Crippen LogP contribution < -0.4 is 27.4 Å². The van der Waals surface area contributed by atoms with Gasteiger partial charge >= 0.3 is 0 Å².